The molecule has 0 unspecified atom stereocenters. The van der Waals surface area contributed by atoms with Gasteiger partial charge in [-0.15, -0.1) is 0 Å². The first kappa shape index (κ1) is 26.7. The van der Waals surface area contributed by atoms with Crippen LogP contribution in [0.25, 0.3) is 22.2 Å². The number of carbonyl (C=O) groups is 1. The molecule has 3 heterocycles. The first-order chi connectivity index (χ1) is 17.8. The Morgan fingerprint density at radius 3 is 2.54 bits per heavy atom. The number of amides is 1. The van der Waals surface area contributed by atoms with Crippen molar-refractivity contribution in [3.63, 3.8) is 0 Å². The second-order valence-corrected chi connectivity index (χ2v) is 9.28. The van der Waals surface area contributed by atoms with Crippen molar-refractivity contribution in [3.05, 3.63) is 51.4 Å². The summed E-state index contributed by atoms with van der Waals surface area (Å²) >= 11 is 13.3. The number of anilines is 1. The first-order valence-corrected chi connectivity index (χ1v) is 12.4. The molecule has 196 valence electrons. The van der Waals surface area contributed by atoms with E-state index in [-0.39, 0.29) is 33.1 Å². The van der Waals surface area contributed by atoms with E-state index in [1.165, 1.54) is 20.3 Å². The lowest BCUT2D eigenvalue weighted by Crippen LogP contribution is -2.37. The summed E-state index contributed by atoms with van der Waals surface area (Å²) in [7, 11) is 4.66. The van der Waals surface area contributed by atoms with E-state index in [0.717, 1.165) is 13.0 Å². The normalized spacial score (nSPS) is 15.5. The Labute approximate surface area is 224 Å². The lowest BCUT2D eigenvalue weighted by molar-refractivity contribution is -0.117. The van der Waals surface area contributed by atoms with Crippen LogP contribution in [-0.2, 0) is 11.3 Å². The van der Waals surface area contributed by atoms with Gasteiger partial charge in [-0.2, -0.15) is 4.98 Å². The van der Waals surface area contributed by atoms with Gasteiger partial charge in [-0.05, 0) is 18.6 Å². The molecule has 3 aromatic rings. The molecule has 1 aliphatic rings. The van der Waals surface area contributed by atoms with E-state index in [1.54, 1.807) is 29.9 Å². The highest BCUT2D eigenvalue weighted by molar-refractivity contribution is 6.41. The highest BCUT2D eigenvalue weighted by atomic mass is 35.5. The number of ether oxygens (including phenoxy) is 2. The predicted molar refractivity (Wildman–Crippen MR) is 145 cm³/mol. The van der Waals surface area contributed by atoms with Crippen molar-refractivity contribution in [1.29, 1.82) is 0 Å². The van der Waals surface area contributed by atoms with Crippen LogP contribution in [0.4, 0.5) is 5.95 Å². The maximum Gasteiger partial charge on any atom is 0.260 e. The fourth-order valence-electron chi connectivity index (χ4n) is 4.44. The van der Waals surface area contributed by atoms with Crippen LogP contribution < -0.4 is 25.7 Å². The molecular formula is C25H28Cl2N6O4. The number of halogens is 2. The third-order valence-electron chi connectivity index (χ3n) is 6.34. The van der Waals surface area contributed by atoms with Crippen LogP contribution in [-0.4, -0.2) is 72.3 Å². The van der Waals surface area contributed by atoms with Gasteiger partial charge in [-0.3, -0.25) is 19.1 Å². The van der Waals surface area contributed by atoms with Crippen molar-refractivity contribution in [2.75, 3.05) is 46.2 Å². The summed E-state index contributed by atoms with van der Waals surface area (Å²) in [6.45, 7) is 5.88. The Morgan fingerprint density at radius 1 is 1.22 bits per heavy atom. The SMILES string of the molecule is C=CC(=O)N[C@@H]1CCN(CCn2c(=O)c(-c3c(Cl)c(OC)cc(OC)c3Cl)cc3cnc(NC)nc32)C1. The fraction of sp³-hybridized carbons (Fsp3) is 0.360. The van der Waals surface area contributed by atoms with Crippen LogP contribution in [0, 0.1) is 0 Å². The van der Waals surface area contributed by atoms with Crippen molar-refractivity contribution in [2.24, 2.45) is 0 Å². The van der Waals surface area contributed by atoms with E-state index < -0.39 is 0 Å². The van der Waals surface area contributed by atoms with E-state index >= 15 is 0 Å². The fourth-order valence-corrected chi connectivity index (χ4v) is 5.15. The minimum absolute atomic E-state index is 0.0328. The van der Waals surface area contributed by atoms with Gasteiger partial charge in [0.25, 0.3) is 5.56 Å². The van der Waals surface area contributed by atoms with Gasteiger partial charge in [-0.1, -0.05) is 29.8 Å². The first-order valence-electron chi connectivity index (χ1n) is 11.6. The summed E-state index contributed by atoms with van der Waals surface area (Å²) in [5.74, 6) is 0.854. The summed E-state index contributed by atoms with van der Waals surface area (Å²) in [5, 5.41) is 6.88. The smallest absolute Gasteiger partial charge is 0.260 e. The zero-order valence-electron chi connectivity index (χ0n) is 20.8. The molecule has 0 radical (unpaired) electrons. The molecule has 0 aliphatic carbocycles. The average Bonchev–Trinajstić information content (AvgIpc) is 3.35. The number of methoxy groups -OCH3 is 2. The number of likely N-dealkylation sites (tertiary alicyclic amines) is 1. The molecule has 0 spiro atoms. The van der Waals surface area contributed by atoms with Crippen molar-refractivity contribution in [1.82, 2.24) is 24.8 Å². The number of pyridine rings is 1. The number of aromatic nitrogens is 3. The van der Waals surface area contributed by atoms with Gasteiger partial charge in [0.2, 0.25) is 11.9 Å². The van der Waals surface area contributed by atoms with Gasteiger partial charge < -0.3 is 20.1 Å². The van der Waals surface area contributed by atoms with E-state index in [1.807, 2.05) is 0 Å². The van der Waals surface area contributed by atoms with Gasteiger partial charge in [0.05, 0.1) is 29.8 Å². The number of nitrogens with one attached hydrogen (secondary N) is 2. The quantitative estimate of drug-likeness (QED) is 0.393. The molecule has 1 aliphatic heterocycles. The van der Waals surface area contributed by atoms with Gasteiger partial charge >= 0.3 is 0 Å². The summed E-state index contributed by atoms with van der Waals surface area (Å²) < 4.78 is 12.4. The number of rotatable bonds is 9. The van der Waals surface area contributed by atoms with Gasteiger partial charge in [-0.25, -0.2) is 4.98 Å². The molecule has 12 heteroatoms. The molecule has 10 nitrogen and oxygen atoms in total. The Hall–Kier alpha value is -3.34. The molecule has 2 aromatic heterocycles. The predicted octanol–water partition coefficient (Wildman–Crippen LogP) is 3.20. The van der Waals surface area contributed by atoms with E-state index in [0.29, 0.717) is 53.7 Å². The largest absolute Gasteiger partial charge is 0.495 e. The Bertz CT molecular complexity index is 1380. The molecule has 1 atom stereocenters. The van der Waals surface area contributed by atoms with Crippen LogP contribution in [0.1, 0.15) is 6.42 Å². The van der Waals surface area contributed by atoms with Crippen LogP contribution in [0.15, 0.2) is 35.8 Å². The molecule has 2 N–H and O–H groups in total. The molecule has 0 saturated carbocycles. The zero-order valence-corrected chi connectivity index (χ0v) is 22.3. The highest BCUT2D eigenvalue weighted by Crippen LogP contribution is 2.45. The van der Waals surface area contributed by atoms with Gasteiger partial charge in [0.1, 0.15) is 17.1 Å². The van der Waals surface area contributed by atoms with E-state index in [4.69, 9.17) is 32.7 Å². The Balaban J connectivity index is 1.78. The van der Waals surface area contributed by atoms with Gasteiger partial charge in [0.15, 0.2) is 0 Å². The average molecular weight is 547 g/mol. The molecule has 4 rings (SSSR count). The molecule has 1 fully saturated rings. The summed E-state index contributed by atoms with van der Waals surface area (Å²) in [6.07, 6.45) is 3.72. The van der Waals surface area contributed by atoms with Crippen LogP contribution in [0.2, 0.25) is 10.0 Å². The van der Waals surface area contributed by atoms with Crippen molar-refractivity contribution < 1.29 is 14.3 Å². The van der Waals surface area contributed by atoms with E-state index in [2.05, 4.69) is 32.1 Å². The zero-order chi connectivity index (χ0) is 26.7. The number of nitrogens with zero attached hydrogens (tertiary/aromatic N) is 4. The summed E-state index contributed by atoms with van der Waals surface area (Å²) in [6, 6.07) is 3.28. The number of hydrogen-bond donors (Lipinski definition) is 2. The van der Waals surface area contributed by atoms with Crippen molar-refractivity contribution in [3.8, 4) is 22.6 Å². The lowest BCUT2D eigenvalue weighted by atomic mass is 10.0. The minimum Gasteiger partial charge on any atom is -0.495 e. The number of hydrogen-bond acceptors (Lipinski definition) is 8. The number of benzene rings is 1. The van der Waals surface area contributed by atoms with E-state index in [9.17, 15) is 9.59 Å². The highest BCUT2D eigenvalue weighted by Gasteiger charge is 2.25. The second kappa shape index (κ2) is 11.4. The third kappa shape index (κ3) is 5.36. The summed E-state index contributed by atoms with van der Waals surface area (Å²) in [5.41, 5.74) is 0.748. The number of fused-ring (bicyclic) bond motifs is 1. The van der Waals surface area contributed by atoms with Crippen molar-refractivity contribution in [2.45, 2.75) is 19.0 Å². The van der Waals surface area contributed by atoms with Crippen molar-refractivity contribution >= 4 is 46.1 Å². The molecule has 1 amide bonds. The topological polar surface area (TPSA) is 111 Å². The van der Waals surface area contributed by atoms with Crippen LogP contribution in [0.3, 0.4) is 0 Å². The maximum atomic E-state index is 13.9. The lowest BCUT2D eigenvalue weighted by Gasteiger charge is -2.20. The molecule has 1 aromatic carbocycles. The second-order valence-electron chi connectivity index (χ2n) is 8.52. The molecule has 37 heavy (non-hydrogen) atoms. The third-order valence-corrected chi connectivity index (χ3v) is 7.09. The van der Waals surface area contributed by atoms with Gasteiger partial charge in [0, 0.05) is 62.5 Å². The number of carbonyl (C=O) groups excluding carboxylic acids is 1. The Kier molecular flexibility index (Phi) is 8.21. The van der Waals surface area contributed by atoms with Crippen LogP contribution in [0.5, 0.6) is 11.5 Å². The summed E-state index contributed by atoms with van der Waals surface area (Å²) in [4.78, 5) is 36.7. The van der Waals surface area contributed by atoms with Crippen LogP contribution >= 0.6 is 23.2 Å². The molecule has 0 bridgehead atoms. The standard InChI is InChI=1S/C25H28Cl2N6O4/c1-5-19(34)30-15-6-7-32(13-15)8-9-33-23-14(12-29-25(28-2)31-23)10-16(24(33)35)20-21(26)17(36-3)11-18(37-4)22(20)27/h5,10-12,15H,1,6-9,13H2,2-4H3,(H,30,34)(H,28,29,31)/t15-/m1/s1. The monoisotopic (exact) mass is 546 g/mol. The maximum absolute atomic E-state index is 13.9. The Morgan fingerprint density at radius 2 is 1.92 bits per heavy atom. The molecule has 1 saturated heterocycles. The minimum atomic E-state index is -0.317. The molecular weight excluding hydrogens is 519 g/mol.